The van der Waals surface area contributed by atoms with E-state index in [0.29, 0.717) is 27.2 Å². The van der Waals surface area contributed by atoms with Gasteiger partial charge in [0, 0.05) is 38.0 Å². The van der Waals surface area contributed by atoms with Crippen LogP contribution in [0.25, 0.3) is 43.8 Å². The van der Waals surface area contributed by atoms with E-state index in [-0.39, 0.29) is 18.6 Å². The number of carboxylic acids is 1. The van der Waals surface area contributed by atoms with Crippen molar-refractivity contribution >= 4 is 50.1 Å². The molecule has 7 nitrogen and oxygen atoms in total. The minimum atomic E-state index is -0.952. The van der Waals surface area contributed by atoms with E-state index >= 15 is 0 Å². The molecule has 0 spiro atoms. The Labute approximate surface area is 216 Å². The quantitative estimate of drug-likeness (QED) is 0.324. The van der Waals surface area contributed by atoms with Gasteiger partial charge in [0.25, 0.3) is 5.56 Å². The topological polar surface area (TPSA) is 90.0 Å². The van der Waals surface area contributed by atoms with Crippen LogP contribution in [0.2, 0.25) is 5.02 Å². The van der Waals surface area contributed by atoms with Gasteiger partial charge in [0.05, 0.1) is 23.1 Å². The second-order valence-electron chi connectivity index (χ2n) is 8.95. The number of fused-ring (bicyclic) bond motifs is 3. The van der Waals surface area contributed by atoms with Gasteiger partial charge in [-0.25, -0.2) is 4.68 Å². The summed E-state index contributed by atoms with van der Waals surface area (Å²) in [6.07, 6.45) is 0. The molecular formula is C29H21ClN4O3. The highest BCUT2D eigenvalue weighted by molar-refractivity contribution is 6.31. The minimum Gasteiger partial charge on any atom is -0.480 e. The fourth-order valence-electron chi connectivity index (χ4n) is 4.97. The van der Waals surface area contributed by atoms with Crippen molar-refractivity contribution in [3.8, 4) is 11.3 Å². The molecule has 3 heterocycles. The number of carboxylic acid groups (broad SMARTS) is 1. The Balaban J connectivity index is 1.61. The predicted octanol–water partition coefficient (Wildman–Crippen LogP) is 5.66. The molecule has 0 radical (unpaired) electrons. The van der Waals surface area contributed by atoms with Crippen molar-refractivity contribution < 1.29 is 9.90 Å². The maximum Gasteiger partial charge on any atom is 0.323 e. The van der Waals surface area contributed by atoms with Gasteiger partial charge in [0.15, 0.2) is 0 Å². The van der Waals surface area contributed by atoms with E-state index in [1.807, 2.05) is 73.7 Å². The SMILES string of the molecule is Cc1c(-c2nn(Cc3ccc4ccccc4n3)c(=O)c3ccccc23)c2cc(Cl)ccc2n1CC(=O)O. The Morgan fingerprint density at radius 1 is 0.946 bits per heavy atom. The Bertz CT molecular complexity index is 1920. The Kier molecular flexibility index (Phi) is 5.50. The highest BCUT2D eigenvalue weighted by Crippen LogP contribution is 2.37. The number of aliphatic carboxylic acids is 1. The number of hydrogen-bond acceptors (Lipinski definition) is 4. The van der Waals surface area contributed by atoms with Crippen molar-refractivity contribution in [2.45, 2.75) is 20.0 Å². The van der Waals surface area contributed by atoms with Gasteiger partial charge in [-0.2, -0.15) is 5.10 Å². The van der Waals surface area contributed by atoms with Crippen molar-refractivity contribution in [1.82, 2.24) is 19.3 Å². The van der Waals surface area contributed by atoms with Gasteiger partial charge in [-0.1, -0.05) is 54.1 Å². The molecule has 0 saturated carbocycles. The zero-order valence-electron chi connectivity index (χ0n) is 19.9. The first-order valence-electron chi connectivity index (χ1n) is 11.8. The second-order valence-corrected chi connectivity index (χ2v) is 9.39. The fourth-order valence-corrected chi connectivity index (χ4v) is 5.14. The molecule has 37 heavy (non-hydrogen) atoms. The summed E-state index contributed by atoms with van der Waals surface area (Å²) in [6, 6.07) is 24.4. The largest absolute Gasteiger partial charge is 0.480 e. The van der Waals surface area contributed by atoms with Gasteiger partial charge in [-0.3, -0.25) is 14.6 Å². The molecule has 6 aromatic rings. The summed E-state index contributed by atoms with van der Waals surface area (Å²) in [6.45, 7) is 1.85. The lowest BCUT2D eigenvalue weighted by Crippen LogP contribution is -2.25. The smallest absolute Gasteiger partial charge is 0.323 e. The predicted molar refractivity (Wildman–Crippen MR) is 145 cm³/mol. The van der Waals surface area contributed by atoms with Crippen molar-refractivity contribution in [2.75, 3.05) is 0 Å². The number of aromatic nitrogens is 4. The molecule has 0 aliphatic carbocycles. The monoisotopic (exact) mass is 508 g/mol. The normalized spacial score (nSPS) is 11.5. The van der Waals surface area contributed by atoms with Crippen LogP contribution in [-0.4, -0.2) is 30.4 Å². The average Bonchev–Trinajstić information content (AvgIpc) is 3.15. The molecule has 1 N–H and O–H groups in total. The number of pyridine rings is 1. The number of halogens is 1. The van der Waals surface area contributed by atoms with E-state index in [4.69, 9.17) is 21.7 Å². The van der Waals surface area contributed by atoms with E-state index in [1.165, 1.54) is 4.68 Å². The van der Waals surface area contributed by atoms with Crippen LogP contribution in [0, 0.1) is 6.92 Å². The van der Waals surface area contributed by atoms with Crippen LogP contribution in [0.5, 0.6) is 0 Å². The number of nitrogens with zero attached hydrogens (tertiary/aromatic N) is 4. The van der Waals surface area contributed by atoms with E-state index in [0.717, 1.165) is 33.1 Å². The van der Waals surface area contributed by atoms with Crippen LogP contribution >= 0.6 is 11.6 Å². The maximum absolute atomic E-state index is 13.5. The van der Waals surface area contributed by atoms with Gasteiger partial charge in [-0.15, -0.1) is 0 Å². The van der Waals surface area contributed by atoms with Crippen LogP contribution in [0.1, 0.15) is 11.4 Å². The van der Waals surface area contributed by atoms with Gasteiger partial charge in [-0.05, 0) is 43.3 Å². The molecule has 0 amide bonds. The third-order valence-corrected chi connectivity index (χ3v) is 6.89. The van der Waals surface area contributed by atoms with Crippen molar-refractivity contribution in [3.63, 3.8) is 0 Å². The maximum atomic E-state index is 13.5. The van der Waals surface area contributed by atoms with Crippen LogP contribution in [0.3, 0.4) is 0 Å². The second kappa shape index (κ2) is 8.87. The number of carbonyl (C=O) groups is 1. The molecule has 3 aromatic heterocycles. The summed E-state index contributed by atoms with van der Waals surface area (Å²) < 4.78 is 3.17. The molecule has 0 atom stereocenters. The Morgan fingerprint density at radius 2 is 1.70 bits per heavy atom. The van der Waals surface area contributed by atoms with E-state index in [2.05, 4.69) is 0 Å². The molecule has 3 aromatic carbocycles. The molecular weight excluding hydrogens is 488 g/mol. The van der Waals surface area contributed by atoms with Gasteiger partial charge < -0.3 is 9.67 Å². The summed E-state index contributed by atoms with van der Waals surface area (Å²) in [5.41, 5.74) is 4.13. The first kappa shape index (κ1) is 22.9. The minimum absolute atomic E-state index is 0.190. The van der Waals surface area contributed by atoms with Crippen LogP contribution in [0.15, 0.2) is 83.7 Å². The first-order chi connectivity index (χ1) is 17.9. The molecule has 0 unspecified atom stereocenters. The summed E-state index contributed by atoms with van der Waals surface area (Å²) in [7, 11) is 0. The zero-order valence-corrected chi connectivity index (χ0v) is 20.6. The number of hydrogen-bond donors (Lipinski definition) is 1. The van der Waals surface area contributed by atoms with E-state index in [1.54, 1.807) is 16.7 Å². The standard InChI is InChI=1S/C29H21ClN4O3/c1-17-27(23-14-19(30)11-13-25(23)33(17)16-26(35)36)28-21-7-3-4-8-22(21)29(37)34(32-28)15-20-12-10-18-6-2-5-9-24(18)31-20/h2-14H,15-16H2,1H3,(H,35,36). The van der Waals surface area contributed by atoms with Gasteiger partial charge in [0.1, 0.15) is 12.2 Å². The van der Waals surface area contributed by atoms with Crippen molar-refractivity contribution in [3.05, 3.63) is 106 Å². The molecule has 8 heteroatoms. The Morgan fingerprint density at radius 3 is 2.51 bits per heavy atom. The molecule has 0 fully saturated rings. The molecule has 0 aliphatic rings. The number of para-hydroxylation sites is 1. The molecule has 0 saturated heterocycles. The van der Waals surface area contributed by atoms with E-state index in [9.17, 15) is 14.7 Å². The summed E-state index contributed by atoms with van der Waals surface area (Å²) in [4.78, 5) is 29.9. The van der Waals surface area contributed by atoms with Gasteiger partial charge in [0.2, 0.25) is 0 Å². The van der Waals surface area contributed by atoms with E-state index < -0.39 is 5.97 Å². The fraction of sp³-hybridized carbons (Fsp3) is 0.103. The summed E-state index contributed by atoms with van der Waals surface area (Å²) in [5, 5.41) is 17.9. The first-order valence-corrected chi connectivity index (χ1v) is 12.1. The molecule has 6 rings (SSSR count). The third kappa shape index (κ3) is 3.93. The Hall–Kier alpha value is -4.49. The van der Waals surface area contributed by atoms with Crippen LogP contribution in [-0.2, 0) is 17.9 Å². The van der Waals surface area contributed by atoms with Crippen molar-refractivity contribution in [1.29, 1.82) is 0 Å². The lowest BCUT2D eigenvalue weighted by atomic mass is 10.0. The van der Waals surface area contributed by atoms with Crippen LogP contribution < -0.4 is 5.56 Å². The zero-order chi connectivity index (χ0) is 25.7. The van der Waals surface area contributed by atoms with Gasteiger partial charge >= 0.3 is 5.97 Å². The van der Waals surface area contributed by atoms with Crippen LogP contribution in [0.4, 0.5) is 0 Å². The number of rotatable bonds is 5. The molecule has 0 bridgehead atoms. The molecule has 182 valence electrons. The highest BCUT2D eigenvalue weighted by Gasteiger charge is 2.22. The van der Waals surface area contributed by atoms with Crippen molar-refractivity contribution in [2.24, 2.45) is 0 Å². The third-order valence-electron chi connectivity index (χ3n) is 6.65. The molecule has 0 aliphatic heterocycles. The lowest BCUT2D eigenvalue weighted by molar-refractivity contribution is -0.137. The summed E-state index contributed by atoms with van der Waals surface area (Å²) in [5.74, 6) is -0.952. The number of benzene rings is 3. The highest BCUT2D eigenvalue weighted by atomic mass is 35.5. The average molecular weight is 509 g/mol. The summed E-state index contributed by atoms with van der Waals surface area (Å²) >= 11 is 6.37. The lowest BCUT2D eigenvalue weighted by Gasteiger charge is -2.12.